The highest BCUT2D eigenvalue weighted by Crippen LogP contribution is 2.23. The van der Waals surface area contributed by atoms with E-state index < -0.39 is 26.0 Å². The highest BCUT2D eigenvalue weighted by atomic mass is 35.5. The Morgan fingerprint density at radius 3 is 2.12 bits per heavy atom. The standard InChI is InChI=1S/C20H21ClN6O4S2/c1-13-8-10-16(11-9-13)32(28,29)26-27(20-23-14(2)12-15(3)24-20)19(22)25-33(30,31)18-7-5-4-6-17(18)21/h4-12,26H,1-3H3,(H2,22,25). The lowest BCUT2D eigenvalue weighted by molar-refractivity contribution is 0.581. The molecule has 0 aliphatic carbocycles. The van der Waals surface area contributed by atoms with Gasteiger partial charge >= 0.3 is 0 Å². The van der Waals surface area contributed by atoms with Crippen molar-refractivity contribution in [1.29, 1.82) is 0 Å². The number of rotatable bonds is 6. The van der Waals surface area contributed by atoms with Crippen molar-refractivity contribution in [3.8, 4) is 0 Å². The van der Waals surface area contributed by atoms with Crippen molar-refractivity contribution in [2.24, 2.45) is 10.1 Å². The van der Waals surface area contributed by atoms with Gasteiger partial charge in [-0.2, -0.15) is 13.4 Å². The predicted octanol–water partition coefficient (Wildman–Crippen LogP) is 2.46. The molecule has 0 atom stereocenters. The number of aromatic nitrogens is 2. The van der Waals surface area contributed by atoms with Crippen LogP contribution in [0.25, 0.3) is 0 Å². The van der Waals surface area contributed by atoms with Crippen LogP contribution in [0, 0.1) is 20.8 Å². The molecular weight excluding hydrogens is 488 g/mol. The molecule has 10 nitrogen and oxygen atoms in total. The van der Waals surface area contributed by atoms with Crippen molar-refractivity contribution in [3.63, 3.8) is 0 Å². The van der Waals surface area contributed by atoms with Crippen molar-refractivity contribution >= 4 is 43.6 Å². The van der Waals surface area contributed by atoms with E-state index in [0.717, 1.165) is 5.56 Å². The number of hydrazine groups is 1. The Balaban J connectivity index is 2.11. The molecule has 0 aliphatic heterocycles. The first-order valence-electron chi connectivity index (χ1n) is 9.45. The number of sulfonamides is 2. The molecule has 0 unspecified atom stereocenters. The van der Waals surface area contributed by atoms with Gasteiger partial charge in [0.15, 0.2) is 0 Å². The minimum absolute atomic E-state index is 0.0662. The number of benzene rings is 2. The van der Waals surface area contributed by atoms with E-state index in [0.29, 0.717) is 16.4 Å². The Hall–Kier alpha value is -3.06. The van der Waals surface area contributed by atoms with Gasteiger partial charge in [0.2, 0.25) is 11.9 Å². The summed E-state index contributed by atoms with van der Waals surface area (Å²) in [5, 5.41) is 0.632. The van der Waals surface area contributed by atoms with Crippen molar-refractivity contribution < 1.29 is 16.8 Å². The summed E-state index contributed by atoms with van der Waals surface area (Å²) in [6.07, 6.45) is 0. The fraction of sp³-hybridized carbons (Fsp3) is 0.150. The summed E-state index contributed by atoms with van der Waals surface area (Å²) in [5.74, 6) is -0.936. The summed E-state index contributed by atoms with van der Waals surface area (Å²) in [6, 6.07) is 13.3. The predicted molar refractivity (Wildman–Crippen MR) is 126 cm³/mol. The third-order valence-corrected chi connectivity index (χ3v) is 7.37. The molecule has 174 valence electrons. The largest absolute Gasteiger partial charge is 0.367 e. The van der Waals surface area contributed by atoms with E-state index in [1.807, 2.05) is 6.92 Å². The summed E-state index contributed by atoms with van der Waals surface area (Å²) in [6.45, 7) is 5.14. The minimum atomic E-state index is -4.39. The van der Waals surface area contributed by atoms with Crippen LogP contribution in [0.2, 0.25) is 5.02 Å². The van der Waals surface area contributed by atoms with Crippen LogP contribution in [0.4, 0.5) is 5.95 Å². The van der Waals surface area contributed by atoms with E-state index in [1.54, 1.807) is 38.1 Å². The first kappa shape index (κ1) is 24.6. The van der Waals surface area contributed by atoms with Crippen LogP contribution < -0.4 is 15.6 Å². The third kappa shape index (κ3) is 5.85. The number of anilines is 1. The lowest BCUT2D eigenvalue weighted by atomic mass is 10.2. The van der Waals surface area contributed by atoms with Gasteiger partial charge in [-0.1, -0.05) is 41.4 Å². The molecule has 13 heteroatoms. The molecule has 0 fully saturated rings. The topological polar surface area (TPSA) is 148 Å². The van der Waals surface area contributed by atoms with Gasteiger partial charge < -0.3 is 5.73 Å². The molecule has 3 aromatic rings. The summed E-state index contributed by atoms with van der Waals surface area (Å²) in [4.78, 5) is 10.2. The zero-order valence-corrected chi connectivity index (χ0v) is 20.3. The number of aryl methyl sites for hydroxylation is 3. The van der Waals surface area contributed by atoms with Crippen LogP contribution in [0.15, 0.2) is 68.8 Å². The van der Waals surface area contributed by atoms with Crippen LogP contribution >= 0.6 is 11.6 Å². The molecule has 3 N–H and O–H groups in total. The normalized spacial score (nSPS) is 12.5. The number of nitrogens with two attached hydrogens (primary N) is 1. The fourth-order valence-corrected chi connectivity index (χ4v) is 5.19. The van der Waals surface area contributed by atoms with Crippen LogP contribution in [-0.2, 0) is 20.0 Å². The number of guanidine groups is 1. The van der Waals surface area contributed by atoms with Crippen molar-refractivity contribution in [1.82, 2.24) is 14.8 Å². The number of hydrogen-bond acceptors (Lipinski definition) is 6. The smallest absolute Gasteiger partial charge is 0.287 e. The van der Waals surface area contributed by atoms with E-state index in [-0.39, 0.29) is 20.8 Å². The zero-order valence-electron chi connectivity index (χ0n) is 17.9. The molecule has 0 spiro atoms. The Labute approximate surface area is 197 Å². The Bertz CT molecular complexity index is 1400. The quantitative estimate of drug-likeness (QED) is 0.293. The number of nitrogens with zero attached hydrogens (tertiary/aromatic N) is 4. The van der Waals surface area contributed by atoms with Crippen LogP contribution in [-0.4, -0.2) is 32.8 Å². The van der Waals surface area contributed by atoms with Gasteiger partial charge in [-0.25, -0.2) is 18.4 Å². The van der Waals surface area contributed by atoms with E-state index in [2.05, 4.69) is 19.2 Å². The maximum Gasteiger partial charge on any atom is 0.287 e. The molecule has 0 amide bonds. The second kappa shape index (κ2) is 9.43. The molecule has 33 heavy (non-hydrogen) atoms. The van der Waals surface area contributed by atoms with Crippen LogP contribution in [0.5, 0.6) is 0 Å². The molecule has 0 saturated carbocycles. The molecule has 3 rings (SSSR count). The Morgan fingerprint density at radius 2 is 1.55 bits per heavy atom. The number of hydrogen-bond donors (Lipinski definition) is 2. The van der Waals surface area contributed by atoms with E-state index in [9.17, 15) is 16.8 Å². The molecule has 2 aromatic carbocycles. The monoisotopic (exact) mass is 508 g/mol. The van der Waals surface area contributed by atoms with Crippen molar-refractivity contribution in [2.75, 3.05) is 5.01 Å². The Kier molecular flexibility index (Phi) is 7.03. The third-order valence-electron chi connectivity index (χ3n) is 4.27. The maximum atomic E-state index is 13.0. The summed E-state index contributed by atoms with van der Waals surface area (Å²) < 4.78 is 55.2. The molecular formula is C20H21ClN6O4S2. The summed E-state index contributed by atoms with van der Waals surface area (Å²) in [5.41, 5.74) is 7.83. The maximum absolute atomic E-state index is 13.0. The molecule has 0 aliphatic rings. The second-order valence-electron chi connectivity index (χ2n) is 7.05. The van der Waals surface area contributed by atoms with Gasteiger partial charge in [0.25, 0.3) is 20.0 Å². The highest BCUT2D eigenvalue weighted by Gasteiger charge is 2.26. The van der Waals surface area contributed by atoms with E-state index in [1.165, 1.54) is 30.3 Å². The lowest BCUT2D eigenvalue weighted by Gasteiger charge is -2.22. The van der Waals surface area contributed by atoms with Gasteiger partial charge in [-0.3, -0.25) is 0 Å². The summed E-state index contributed by atoms with van der Waals surface area (Å²) in [7, 11) is -8.60. The van der Waals surface area contributed by atoms with Gasteiger partial charge in [0.1, 0.15) is 4.90 Å². The van der Waals surface area contributed by atoms with Gasteiger partial charge in [0.05, 0.1) is 9.92 Å². The second-order valence-corrected chi connectivity index (χ2v) is 10.7. The van der Waals surface area contributed by atoms with E-state index >= 15 is 0 Å². The molecule has 0 radical (unpaired) electrons. The van der Waals surface area contributed by atoms with Gasteiger partial charge in [0, 0.05) is 11.4 Å². The molecule has 0 bridgehead atoms. The van der Waals surface area contributed by atoms with E-state index in [4.69, 9.17) is 17.3 Å². The van der Waals surface area contributed by atoms with Crippen LogP contribution in [0.1, 0.15) is 17.0 Å². The van der Waals surface area contributed by atoms with Gasteiger partial charge in [-0.05, 0) is 51.1 Å². The number of nitrogens with one attached hydrogen (secondary N) is 1. The fourth-order valence-electron chi connectivity index (χ4n) is 2.75. The molecule has 1 heterocycles. The van der Waals surface area contributed by atoms with Crippen molar-refractivity contribution in [2.45, 2.75) is 30.6 Å². The minimum Gasteiger partial charge on any atom is -0.367 e. The van der Waals surface area contributed by atoms with Gasteiger partial charge in [-0.15, -0.1) is 9.23 Å². The first-order valence-corrected chi connectivity index (χ1v) is 12.8. The molecule has 0 saturated heterocycles. The number of halogens is 1. The molecule has 1 aromatic heterocycles. The van der Waals surface area contributed by atoms with Crippen LogP contribution in [0.3, 0.4) is 0 Å². The lowest BCUT2D eigenvalue weighted by Crippen LogP contribution is -2.51. The zero-order chi connectivity index (χ0) is 24.4. The average Bonchev–Trinajstić information content (AvgIpc) is 2.71. The Morgan fingerprint density at radius 1 is 0.970 bits per heavy atom. The highest BCUT2D eigenvalue weighted by molar-refractivity contribution is 7.90. The van der Waals surface area contributed by atoms with Crippen molar-refractivity contribution in [3.05, 3.63) is 76.6 Å². The first-order chi connectivity index (χ1) is 15.4. The summed E-state index contributed by atoms with van der Waals surface area (Å²) >= 11 is 5.99. The average molecular weight is 509 g/mol. The SMILES string of the molecule is Cc1ccc(S(=O)(=O)NN(C(N)=NS(=O)(=O)c2ccccc2Cl)c2nc(C)cc(C)n2)cc1.